The highest BCUT2D eigenvalue weighted by atomic mass is 19.1. The lowest BCUT2D eigenvalue weighted by Crippen LogP contribution is -2.30. The smallest absolute Gasteiger partial charge is 0.278 e. The predicted molar refractivity (Wildman–Crippen MR) is 288 cm³/mol. The first-order chi connectivity index (χ1) is 38.5. The van der Waals surface area contributed by atoms with Crippen molar-refractivity contribution in [2.45, 2.75) is 40.0 Å². The number of rotatable bonds is 12. The molecule has 0 aliphatic carbocycles. The number of nitrogens with zero attached hydrogens (tertiary/aromatic N) is 14. The molecule has 24 nitrogen and oxygen atoms in total. The van der Waals surface area contributed by atoms with Gasteiger partial charge in [0.05, 0.1) is 38.1 Å². The highest BCUT2D eigenvalue weighted by Gasteiger charge is 2.24. The molecule has 0 fully saturated rings. The zero-order chi connectivity index (χ0) is 56.3. The number of nitrogen functional groups attached to an aromatic ring is 2. The van der Waals surface area contributed by atoms with Crippen LogP contribution in [-0.2, 0) is 26.2 Å². The van der Waals surface area contributed by atoms with E-state index in [4.69, 9.17) is 26.0 Å². The molecule has 0 radical (unpaired) electrons. The summed E-state index contributed by atoms with van der Waals surface area (Å²) in [6.07, 6.45) is 5.94. The number of fused-ring (bicyclic) bond motifs is 4. The topological polar surface area (TPSA) is 317 Å². The predicted octanol–water partition coefficient (Wildman–Crippen LogP) is 5.70. The van der Waals surface area contributed by atoms with E-state index >= 15 is 0 Å². The van der Waals surface area contributed by atoms with E-state index in [1.165, 1.54) is 78.1 Å². The van der Waals surface area contributed by atoms with Gasteiger partial charge in [-0.15, -0.1) is 0 Å². The molecule has 4 aromatic carbocycles. The van der Waals surface area contributed by atoms with E-state index in [-0.39, 0.29) is 100 Å². The highest BCUT2D eigenvalue weighted by Crippen LogP contribution is 2.35. The molecule has 12 aromatic rings. The highest BCUT2D eigenvalue weighted by molar-refractivity contribution is 5.99. The largest absolute Gasteiger partial charge is 0.508 e. The quantitative estimate of drug-likeness (QED) is 0.0855. The molecule has 0 aliphatic rings. The van der Waals surface area contributed by atoms with Crippen molar-refractivity contribution in [2.75, 3.05) is 25.7 Å². The van der Waals surface area contributed by atoms with E-state index < -0.39 is 11.6 Å². The van der Waals surface area contributed by atoms with E-state index in [2.05, 4.69) is 35.2 Å². The number of hydrogen-bond acceptors (Lipinski definition) is 18. The first-order valence-electron chi connectivity index (χ1n) is 24.3. The van der Waals surface area contributed by atoms with E-state index in [1.807, 2.05) is 19.1 Å². The zero-order valence-corrected chi connectivity index (χ0v) is 42.8. The second-order valence-electron chi connectivity index (χ2n) is 18.5. The molecule has 26 heteroatoms. The summed E-state index contributed by atoms with van der Waals surface area (Å²) in [7, 11) is 3.11. The number of aryl methyl sites for hydroxylation is 2. The van der Waals surface area contributed by atoms with E-state index in [0.717, 1.165) is 28.8 Å². The van der Waals surface area contributed by atoms with Gasteiger partial charge in [-0.1, -0.05) is 0 Å². The molecular weight excluding hydrogens is 1040 g/mol. The molecule has 0 aliphatic heterocycles. The number of halogens is 2. The third kappa shape index (κ3) is 9.34. The molecule has 0 saturated heterocycles. The Bertz CT molecular complexity index is 4520. The summed E-state index contributed by atoms with van der Waals surface area (Å²) in [6, 6.07) is 20.2. The van der Waals surface area contributed by atoms with Crippen LogP contribution in [0.2, 0.25) is 0 Å². The minimum atomic E-state index is -0.666. The molecule has 0 saturated carbocycles. The Morgan fingerprint density at radius 2 is 1.02 bits per heavy atom. The lowest BCUT2D eigenvalue weighted by Gasteiger charge is -2.16. The number of phenols is 4. The van der Waals surface area contributed by atoms with Crippen LogP contribution in [0.1, 0.15) is 33.9 Å². The maximum absolute atomic E-state index is 14.2. The number of methoxy groups -OCH3 is 2. The molecule has 0 spiro atoms. The lowest BCUT2D eigenvalue weighted by molar-refractivity contribution is 0.389. The lowest BCUT2D eigenvalue weighted by atomic mass is 10.1. The van der Waals surface area contributed by atoms with Crippen molar-refractivity contribution in [1.29, 1.82) is 0 Å². The number of phenolic OH excluding ortho intramolecular Hbond substituents is 4. The third-order valence-electron chi connectivity index (χ3n) is 13.3. The minimum absolute atomic E-state index is 0.00906. The summed E-state index contributed by atoms with van der Waals surface area (Å²) in [6.45, 7) is 3.69. The van der Waals surface area contributed by atoms with Gasteiger partial charge in [0.2, 0.25) is 0 Å². The van der Waals surface area contributed by atoms with Crippen molar-refractivity contribution in [3.05, 3.63) is 176 Å². The van der Waals surface area contributed by atoms with E-state index in [9.17, 15) is 38.8 Å². The van der Waals surface area contributed by atoms with Crippen molar-refractivity contribution in [1.82, 2.24) is 67.9 Å². The number of ether oxygens (including phenoxy) is 2. The summed E-state index contributed by atoms with van der Waals surface area (Å²) >= 11 is 0. The summed E-state index contributed by atoms with van der Waals surface area (Å²) in [5, 5.41) is 59.5. The second-order valence-corrected chi connectivity index (χ2v) is 18.5. The van der Waals surface area contributed by atoms with Crippen LogP contribution in [0.5, 0.6) is 34.5 Å². The Morgan fingerprint density at radius 3 is 1.49 bits per heavy atom. The number of nitrogens with two attached hydrogens (primary N) is 2. The molecular formula is C54H46F2N16O8. The van der Waals surface area contributed by atoms with Gasteiger partial charge < -0.3 is 41.4 Å². The fraction of sp³-hybridized carbons (Fsp3) is 0.148. The Labute approximate surface area is 448 Å². The zero-order valence-electron chi connectivity index (χ0n) is 42.8. The summed E-state index contributed by atoms with van der Waals surface area (Å²) in [5.74, 6) is -0.137. The Morgan fingerprint density at radius 1 is 0.537 bits per heavy atom. The SMILES string of the molecule is COc1ccc(Cn2c(Cn3nc(-c4cc(O)cc(F)c4)c4c(N)ncnc43)nn3ccc(C)c3c2=O)c(OC)c1.Cc1ccn2nc(Cn3nc(-c4cc(O)cc(F)c4)c4c(N)ncnc43)n(Cc3ccc(O)cc3O)c(=O)c12. The van der Waals surface area contributed by atoms with Gasteiger partial charge in [-0.05, 0) is 85.6 Å². The Hall–Kier alpha value is -10.9. The van der Waals surface area contributed by atoms with Crippen molar-refractivity contribution in [2.24, 2.45) is 0 Å². The maximum atomic E-state index is 14.2. The van der Waals surface area contributed by atoms with Gasteiger partial charge in [-0.2, -0.15) is 20.4 Å². The summed E-state index contributed by atoms with van der Waals surface area (Å²) in [5.41, 5.74) is 16.9. The molecule has 0 bridgehead atoms. The average molecular weight is 1090 g/mol. The van der Waals surface area contributed by atoms with Crippen molar-refractivity contribution in [3.63, 3.8) is 0 Å². The van der Waals surface area contributed by atoms with E-state index in [1.54, 1.807) is 56.3 Å². The number of hydrogen-bond donors (Lipinski definition) is 6. The van der Waals surface area contributed by atoms with Crippen molar-refractivity contribution in [3.8, 4) is 57.0 Å². The van der Waals surface area contributed by atoms with Gasteiger partial charge in [-0.25, -0.2) is 47.1 Å². The first-order valence-corrected chi connectivity index (χ1v) is 24.3. The van der Waals surface area contributed by atoms with Crippen LogP contribution in [0.25, 0.3) is 55.6 Å². The number of aromatic nitrogens is 14. The van der Waals surface area contributed by atoms with Gasteiger partial charge in [0, 0.05) is 58.9 Å². The van der Waals surface area contributed by atoms with E-state index in [0.29, 0.717) is 56.0 Å². The van der Waals surface area contributed by atoms with Gasteiger partial charge in [0.1, 0.15) is 106 Å². The second kappa shape index (κ2) is 20.2. The van der Waals surface area contributed by atoms with Gasteiger partial charge in [-0.3, -0.25) is 18.7 Å². The van der Waals surface area contributed by atoms with Crippen LogP contribution in [-0.4, -0.2) is 103 Å². The molecule has 8 aromatic heterocycles. The van der Waals surface area contributed by atoms with Gasteiger partial charge in [0.15, 0.2) is 22.9 Å². The van der Waals surface area contributed by atoms with Crippen molar-refractivity contribution < 1.29 is 38.7 Å². The maximum Gasteiger partial charge on any atom is 0.278 e. The van der Waals surface area contributed by atoms with Crippen LogP contribution < -0.4 is 32.1 Å². The molecule has 80 heavy (non-hydrogen) atoms. The number of benzene rings is 4. The monoisotopic (exact) mass is 1080 g/mol. The molecule has 0 atom stereocenters. The molecule has 404 valence electrons. The molecule has 8 N–H and O–H groups in total. The number of anilines is 2. The van der Waals surface area contributed by atoms with Crippen LogP contribution in [0.4, 0.5) is 20.4 Å². The normalized spacial score (nSPS) is 11.5. The van der Waals surface area contributed by atoms with Gasteiger partial charge in [0.25, 0.3) is 11.1 Å². The van der Waals surface area contributed by atoms with Crippen LogP contribution in [0.15, 0.2) is 120 Å². The van der Waals surface area contributed by atoms with Crippen LogP contribution >= 0.6 is 0 Å². The number of aromatic hydroxyl groups is 4. The molecule has 8 heterocycles. The average Bonchev–Trinajstić information content (AvgIpc) is 4.31. The van der Waals surface area contributed by atoms with Crippen LogP contribution in [0.3, 0.4) is 0 Å². The third-order valence-corrected chi connectivity index (χ3v) is 13.3. The van der Waals surface area contributed by atoms with Gasteiger partial charge >= 0.3 is 0 Å². The van der Waals surface area contributed by atoms with Crippen molar-refractivity contribution >= 4 is 44.7 Å². The fourth-order valence-corrected chi connectivity index (χ4v) is 9.52. The first kappa shape index (κ1) is 51.2. The minimum Gasteiger partial charge on any atom is -0.508 e. The molecule has 0 amide bonds. The summed E-state index contributed by atoms with van der Waals surface area (Å²) < 4.78 is 48.2. The standard InChI is InChI=1S/C28H25FN8O4.C26H21FN8O4/c1-15-6-7-36-25(15)28(39)35(12-16-4-5-20(40-2)11-21(16)41-3)22(33-36)13-37-27-23(26(30)31-14-32-27)24(34-37)17-8-18(29)10-19(38)9-17;1-13-4-5-34-23(13)26(39)33(10-14-2-3-17(36)9-19(14)38)20(31-34)11-35-25-21(24(28)29-12-30-25)22(32-35)15-6-16(27)8-18(37)7-15/h4-11,14,38H,12-13H2,1-3H3,(H2,30,31,32);2-9,12,36-38H,10-11H2,1H3,(H2,28,29,30). The Kier molecular flexibility index (Phi) is 12.9. The summed E-state index contributed by atoms with van der Waals surface area (Å²) in [4.78, 5) is 44.3. The van der Waals surface area contributed by atoms with Crippen LogP contribution in [0, 0.1) is 25.5 Å². The Balaban J connectivity index is 0.000000169. The molecule has 12 rings (SSSR count). The fourth-order valence-electron chi connectivity index (χ4n) is 9.52. The molecule has 0 unspecified atom stereocenters.